The van der Waals surface area contributed by atoms with Gasteiger partial charge in [0.15, 0.2) is 0 Å². The molecule has 0 bridgehead atoms. The van der Waals surface area contributed by atoms with E-state index < -0.39 is 0 Å². The first-order chi connectivity index (χ1) is 5.31. The van der Waals surface area contributed by atoms with Gasteiger partial charge in [0, 0.05) is 0 Å². The fourth-order valence-electron chi connectivity index (χ4n) is 2.04. The van der Waals surface area contributed by atoms with E-state index in [1.165, 1.54) is 18.4 Å². The summed E-state index contributed by atoms with van der Waals surface area (Å²) in [5.41, 5.74) is 1.50. The van der Waals surface area contributed by atoms with Gasteiger partial charge in [0.25, 0.3) is 0 Å². The lowest BCUT2D eigenvalue weighted by Crippen LogP contribution is -2.10. The van der Waals surface area contributed by atoms with Crippen molar-refractivity contribution in [2.45, 2.75) is 32.8 Å². The minimum atomic E-state index is 0.512. The van der Waals surface area contributed by atoms with Crippen molar-refractivity contribution in [3.05, 3.63) is 11.6 Å². The zero-order valence-corrected chi connectivity index (χ0v) is 7.34. The highest BCUT2D eigenvalue weighted by atomic mass is 16.5. The lowest BCUT2D eigenvalue weighted by atomic mass is 10.1. The minimum Gasteiger partial charge on any atom is -0.374 e. The van der Waals surface area contributed by atoms with Crippen molar-refractivity contribution in [3.8, 4) is 0 Å². The molecule has 0 aromatic heterocycles. The molecule has 1 nitrogen and oxygen atoms in total. The largest absolute Gasteiger partial charge is 0.374 e. The second kappa shape index (κ2) is 2.63. The first-order valence-electron chi connectivity index (χ1n) is 4.57. The summed E-state index contributed by atoms with van der Waals surface area (Å²) >= 11 is 0. The quantitative estimate of drug-likeness (QED) is 0.484. The molecule has 1 saturated heterocycles. The Morgan fingerprint density at radius 3 is 3.09 bits per heavy atom. The lowest BCUT2D eigenvalue weighted by Gasteiger charge is -2.09. The predicted molar refractivity (Wildman–Crippen MR) is 45.4 cm³/mol. The Morgan fingerprint density at radius 1 is 1.55 bits per heavy atom. The molecule has 3 atom stereocenters. The maximum absolute atomic E-state index is 5.69. The fourth-order valence-corrected chi connectivity index (χ4v) is 2.04. The van der Waals surface area contributed by atoms with Crippen molar-refractivity contribution in [3.63, 3.8) is 0 Å². The van der Waals surface area contributed by atoms with Crippen LogP contribution in [0.3, 0.4) is 0 Å². The molecule has 3 unspecified atom stereocenters. The summed E-state index contributed by atoms with van der Waals surface area (Å²) < 4.78 is 5.69. The van der Waals surface area contributed by atoms with Crippen LogP contribution in [-0.2, 0) is 4.74 Å². The normalized spacial score (nSPS) is 46.7. The summed E-state index contributed by atoms with van der Waals surface area (Å²) in [5, 5.41) is 0. The van der Waals surface area contributed by atoms with Gasteiger partial charge in [-0.3, -0.25) is 0 Å². The van der Waals surface area contributed by atoms with Crippen LogP contribution in [0, 0.1) is 11.8 Å². The van der Waals surface area contributed by atoms with E-state index in [9.17, 15) is 0 Å². The van der Waals surface area contributed by atoms with Gasteiger partial charge in [-0.25, -0.2) is 0 Å². The van der Waals surface area contributed by atoms with E-state index in [0.717, 1.165) is 18.4 Å². The van der Waals surface area contributed by atoms with E-state index in [2.05, 4.69) is 19.9 Å². The maximum atomic E-state index is 5.69. The second-order valence-electron chi connectivity index (χ2n) is 3.83. The average Bonchev–Trinajstić information content (AvgIpc) is 2.74. The predicted octanol–water partition coefficient (Wildman–Crippen LogP) is 2.38. The monoisotopic (exact) mass is 152 g/mol. The molecule has 0 aromatic carbocycles. The van der Waals surface area contributed by atoms with Crippen LogP contribution in [0.2, 0.25) is 0 Å². The molecule has 1 aliphatic carbocycles. The Balaban J connectivity index is 2.04. The van der Waals surface area contributed by atoms with Gasteiger partial charge < -0.3 is 4.74 Å². The molecule has 1 saturated carbocycles. The van der Waals surface area contributed by atoms with Crippen molar-refractivity contribution in [1.29, 1.82) is 0 Å². The zero-order chi connectivity index (χ0) is 7.84. The fraction of sp³-hybridized carbons (Fsp3) is 0.800. The number of allylic oxidation sites excluding steroid dienone is 1. The summed E-state index contributed by atoms with van der Waals surface area (Å²) in [7, 11) is 0. The molecule has 0 spiro atoms. The topological polar surface area (TPSA) is 9.23 Å². The van der Waals surface area contributed by atoms with Crippen LogP contribution in [0.4, 0.5) is 0 Å². The van der Waals surface area contributed by atoms with Crippen LogP contribution >= 0.6 is 0 Å². The lowest BCUT2D eigenvalue weighted by molar-refractivity contribution is 0.0714. The average molecular weight is 152 g/mol. The molecule has 2 fully saturated rings. The minimum absolute atomic E-state index is 0.512. The van der Waals surface area contributed by atoms with Gasteiger partial charge in [0.1, 0.15) is 0 Å². The molecule has 62 valence electrons. The smallest absolute Gasteiger partial charge is 0.0680 e. The maximum Gasteiger partial charge on any atom is 0.0680 e. The molecule has 2 aliphatic rings. The van der Waals surface area contributed by atoms with Crippen LogP contribution in [-0.4, -0.2) is 12.7 Å². The van der Waals surface area contributed by atoms with Crippen LogP contribution in [0.1, 0.15) is 26.7 Å². The standard InChI is InChI=1S/C10H16O/c1-3-8-4-9-5-10(9)7(2)11-6-8/h3,7,9-10H,4-6H2,1-2H3. The van der Waals surface area contributed by atoms with Crippen LogP contribution < -0.4 is 0 Å². The van der Waals surface area contributed by atoms with Gasteiger partial charge in [-0.2, -0.15) is 0 Å². The molecule has 2 rings (SSSR count). The zero-order valence-electron chi connectivity index (χ0n) is 7.34. The van der Waals surface area contributed by atoms with E-state index in [4.69, 9.17) is 4.74 Å². The molecule has 0 radical (unpaired) electrons. The Hall–Kier alpha value is -0.300. The van der Waals surface area contributed by atoms with Gasteiger partial charge in [0.2, 0.25) is 0 Å². The Bertz CT molecular complexity index is 183. The highest BCUT2D eigenvalue weighted by Gasteiger charge is 2.43. The van der Waals surface area contributed by atoms with E-state index in [1.807, 2.05) is 0 Å². The third-order valence-electron chi connectivity index (χ3n) is 3.04. The SMILES string of the molecule is CC=C1COC(C)C2CC2C1. The Labute approximate surface area is 68.4 Å². The third kappa shape index (κ3) is 1.34. The molecule has 11 heavy (non-hydrogen) atoms. The van der Waals surface area contributed by atoms with Crippen molar-refractivity contribution >= 4 is 0 Å². The molecule has 1 aliphatic heterocycles. The van der Waals surface area contributed by atoms with Crippen LogP contribution in [0.15, 0.2) is 11.6 Å². The first-order valence-corrected chi connectivity index (χ1v) is 4.57. The molecule has 0 aromatic rings. The number of rotatable bonds is 0. The second-order valence-corrected chi connectivity index (χ2v) is 3.83. The van der Waals surface area contributed by atoms with Gasteiger partial charge in [-0.15, -0.1) is 0 Å². The Morgan fingerprint density at radius 2 is 2.36 bits per heavy atom. The third-order valence-corrected chi connectivity index (χ3v) is 3.04. The molecular weight excluding hydrogens is 136 g/mol. The Kier molecular flexibility index (Phi) is 1.76. The molecule has 0 amide bonds. The van der Waals surface area contributed by atoms with Crippen molar-refractivity contribution in [1.82, 2.24) is 0 Å². The number of ether oxygens (including phenoxy) is 1. The van der Waals surface area contributed by atoms with Crippen molar-refractivity contribution < 1.29 is 4.74 Å². The van der Waals surface area contributed by atoms with Crippen molar-refractivity contribution in [2.24, 2.45) is 11.8 Å². The molecule has 1 heteroatoms. The molecule has 1 heterocycles. The van der Waals surface area contributed by atoms with Gasteiger partial charge in [-0.05, 0) is 44.1 Å². The number of fused-ring (bicyclic) bond motifs is 1. The van der Waals surface area contributed by atoms with Gasteiger partial charge >= 0.3 is 0 Å². The number of hydrogen-bond donors (Lipinski definition) is 0. The molecular formula is C10H16O. The highest BCUT2D eigenvalue weighted by molar-refractivity contribution is 5.09. The van der Waals surface area contributed by atoms with E-state index >= 15 is 0 Å². The highest BCUT2D eigenvalue weighted by Crippen LogP contribution is 2.48. The van der Waals surface area contributed by atoms with Gasteiger partial charge in [-0.1, -0.05) is 6.08 Å². The summed E-state index contributed by atoms with van der Waals surface area (Å²) in [5.74, 6) is 1.84. The van der Waals surface area contributed by atoms with Crippen LogP contribution in [0.25, 0.3) is 0 Å². The van der Waals surface area contributed by atoms with Gasteiger partial charge in [0.05, 0.1) is 12.7 Å². The summed E-state index contributed by atoms with van der Waals surface area (Å²) in [6.45, 7) is 5.21. The number of hydrogen-bond acceptors (Lipinski definition) is 1. The summed E-state index contributed by atoms with van der Waals surface area (Å²) in [4.78, 5) is 0. The summed E-state index contributed by atoms with van der Waals surface area (Å²) in [6.07, 6.45) is 5.43. The van der Waals surface area contributed by atoms with E-state index in [1.54, 1.807) is 0 Å². The van der Waals surface area contributed by atoms with E-state index in [-0.39, 0.29) is 0 Å². The van der Waals surface area contributed by atoms with Crippen molar-refractivity contribution in [2.75, 3.05) is 6.61 Å². The van der Waals surface area contributed by atoms with E-state index in [0.29, 0.717) is 6.10 Å². The van der Waals surface area contributed by atoms with Crippen LogP contribution in [0.5, 0.6) is 0 Å². The summed E-state index contributed by atoms with van der Waals surface area (Å²) in [6, 6.07) is 0. The first kappa shape index (κ1) is 7.35. The molecule has 0 N–H and O–H groups in total.